The maximum atomic E-state index is 3.94. The van der Waals surface area contributed by atoms with Crippen molar-refractivity contribution in [1.29, 1.82) is 0 Å². The van der Waals surface area contributed by atoms with E-state index >= 15 is 0 Å². The molecule has 0 amide bonds. The molecule has 0 spiro atoms. The van der Waals surface area contributed by atoms with Crippen LogP contribution in [0.15, 0.2) is 29.3 Å². The highest BCUT2D eigenvalue weighted by atomic mass is 15.0. The lowest BCUT2D eigenvalue weighted by Crippen LogP contribution is -2.17. The minimum Gasteiger partial charge on any atom is -0.385 e. The average molecular weight is 217 g/mol. The molecule has 0 radical (unpaired) electrons. The normalized spacial score (nSPS) is 17.2. The van der Waals surface area contributed by atoms with E-state index in [4.69, 9.17) is 0 Å². The predicted molar refractivity (Wildman–Crippen MR) is 69.2 cm³/mol. The van der Waals surface area contributed by atoms with Gasteiger partial charge in [0.25, 0.3) is 0 Å². The first kappa shape index (κ1) is 11.0. The Morgan fingerprint density at radius 3 is 2.62 bits per heavy atom. The summed E-state index contributed by atoms with van der Waals surface area (Å²) >= 11 is 0. The summed E-state index contributed by atoms with van der Waals surface area (Å²) in [4.78, 5) is 3.94. The number of hydrogen-bond acceptors (Lipinski definition) is 3. The lowest BCUT2D eigenvalue weighted by Gasteiger charge is -2.16. The number of benzene rings is 1. The van der Waals surface area contributed by atoms with Crippen molar-refractivity contribution in [3.05, 3.63) is 29.8 Å². The van der Waals surface area contributed by atoms with Crippen LogP contribution < -0.4 is 10.6 Å². The number of aliphatic imine (C=N–C) groups is 1. The number of fused-ring (bicyclic) bond motifs is 1. The Morgan fingerprint density at radius 2 is 2.00 bits per heavy atom. The van der Waals surface area contributed by atoms with Crippen molar-refractivity contribution in [3.63, 3.8) is 0 Å². The van der Waals surface area contributed by atoms with Gasteiger partial charge < -0.3 is 10.6 Å². The van der Waals surface area contributed by atoms with Gasteiger partial charge in [-0.15, -0.1) is 0 Å². The number of rotatable bonds is 0. The third-order valence-electron chi connectivity index (χ3n) is 2.75. The molecule has 0 saturated heterocycles. The number of nitrogens with zero attached hydrogens (tertiary/aromatic N) is 1. The van der Waals surface area contributed by atoms with Crippen LogP contribution in [0.1, 0.15) is 18.4 Å². The van der Waals surface area contributed by atoms with Crippen molar-refractivity contribution in [2.45, 2.75) is 19.3 Å². The van der Waals surface area contributed by atoms with E-state index in [-0.39, 0.29) is 0 Å². The Balaban J connectivity index is 0.000000138. The largest absolute Gasteiger partial charge is 0.385 e. The van der Waals surface area contributed by atoms with Crippen molar-refractivity contribution in [2.24, 2.45) is 4.99 Å². The Labute approximate surface area is 97.0 Å². The molecule has 2 aliphatic heterocycles. The van der Waals surface area contributed by atoms with E-state index in [0.717, 1.165) is 19.6 Å². The summed E-state index contributed by atoms with van der Waals surface area (Å²) in [5.41, 5.74) is 2.79. The molecule has 0 aromatic heterocycles. The third kappa shape index (κ3) is 3.26. The number of hydrogen-bond donors (Lipinski definition) is 2. The predicted octanol–water partition coefficient (Wildman–Crippen LogP) is 2.05. The summed E-state index contributed by atoms with van der Waals surface area (Å²) in [6.07, 6.45) is 5.47. The van der Waals surface area contributed by atoms with Gasteiger partial charge in [-0.3, -0.25) is 4.99 Å². The number of anilines is 1. The summed E-state index contributed by atoms with van der Waals surface area (Å²) in [7, 11) is 0. The summed E-state index contributed by atoms with van der Waals surface area (Å²) in [5, 5.41) is 6.36. The van der Waals surface area contributed by atoms with Gasteiger partial charge in [0.1, 0.15) is 0 Å². The molecule has 2 heterocycles. The SMILES string of the molecule is C1=NCCCN1.c1ccc2c(c1)CCCN2. The highest BCUT2D eigenvalue weighted by molar-refractivity contribution is 5.54. The van der Waals surface area contributed by atoms with Crippen LogP contribution in [0.2, 0.25) is 0 Å². The summed E-state index contributed by atoms with van der Waals surface area (Å²) < 4.78 is 0. The molecule has 2 N–H and O–H groups in total. The topological polar surface area (TPSA) is 36.4 Å². The van der Waals surface area contributed by atoms with Crippen molar-refractivity contribution in [1.82, 2.24) is 5.32 Å². The van der Waals surface area contributed by atoms with Crippen LogP contribution in [0.5, 0.6) is 0 Å². The van der Waals surface area contributed by atoms with E-state index in [1.54, 1.807) is 6.34 Å². The molecule has 0 saturated carbocycles. The Morgan fingerprint density at radius 1 is 1.06 bits per heavy atom. The number of nitrogens with one attached hydrogen (secondary N) is 2. The van der Waals surface area contributed by atoms with E-state index in [2.05, 4.69) is 39.9 Å². The van der Waals surface area contributed by atoms with Crippen LogP contribution in [0.25, 0.3) is 0 Å². The molecule has 0 aliphatic carbocycles. The first-order valence-corrected chi connectivity index (χ1v) is 6.00. The van der Waals surface area contributed by atoms with E-state index in [1.807, 2.05) is 0 Å². The van der Waals surface area contributed by atoms with Crippen molar-refractivity contribution in [3.8, 4) is 0 Å². The zero-order valence-electron chi connectivity index (χ0n) is 9.58. The molecule has 86 valence electrons. The molecule has 0 unspecified atom stereocenters. The van der Waals surface area contributed by atoms with Gasteiger partial charge in [0.15, 0.2) is 0 Å². The maximum absolute atomic E-state index is 3.94. The van der Waals surface area contributed by atoms with E-state index in [0.29, 0.717) is 0 Å². The Kier molecular flexibility index (Phi) is 4.23. The van der Waals surface area contributed by atoms with Crippen LogP contribution in [0.3, 0.4) is 0 Å². The molecule has 1 aromatic carbocycles. The van der Waals surface area contributed by atoms with Crippen molar-refractivity contribution < 1.29 is 0 Å². The van der Waals surface area contributed by atoms with Gasteiger partial charge in [0.05, 0.1) is 6.34 Å². The van der Waals surface area contributed by atoms with Gasteiger partial charge in [-0.25, -0.2) is 0 Å². The van der Waals surface area contributed by atoms with Crippen LogP contribution in [-0.2, 0) is 6.42 Å². The molecule has 3 nitrogen and oxygen atoms in total. The smallest absolute Gasteiger partial charge is 0.0823 e. The highest BCUT2D eigenvalue weighted by Crippen LogP contribution is 2.20. The third-order valence-corrected chi connectivity index (χ3v) is 2.75. The van der Waals surface area contributed by atoms with E-state index < -0.39 is 0 Å². The second kappa shape index (κ2) is 6.16. The quantitative estimate of drug-likeness (QED) is 0.698. The maximum Gasteiger partial charge on any atom is 0.0823 e. The van der Waals surface area contributed by atoms with Gasteiger partial charge in [0, 0.05) is 25.3 Å². The lowest BCUT2D eigenvalue weighted by molar-refractivity contribution is 0.755. The summed E-state index contributed by atoms with van der Waals surface area (Å²) in [5.74, 6) is 0. The van der Waals surface area contributed by atoms with Gasteiger partial charge in [-0.2, -0.15) is 0 Å². The zero-order chi connectivity index (χ0) is 11.1. The first-order valence-electron chi connectivity index (χ1n) is 6.00. The van der Waals surface area contributed by atoms with Gasteiger partial charge in [-0.05, 0) is 30.9 Å². The van der Waals surface area contributed by atoms with Crippen LogP contribution in [0.4, 0.5) is 5.69 Å². The fraction of sp³-hybridized carbons (Fsp3) is 0.462. The van der Waals surface area contributed by atoms with Gasteiger partial charge in [-0.1, -0.05) is 18.2 Å². The van der Waals surface area contributed by atoms with Gasteiger partial charge in [0.2, 0.25) is 0 Å². The molecule has 3 rings (SSSR count). The monoisotopic (exact) mass is 217 g/mol. The molecule has 3 heteroatoms. The van der Waals surface area contributed by atoms with Crippen molar-refractivity contribution >= 4 is 12.0 Å². The first-order chi connectivity index (χ1) is 7.97. The minimum absolute atomic E-state index is 1.01. The molecule has 1 aromatic rings. The zero-order valence-corrected chi connectivity index (χ0v) is 9.58. The molecule has 0 fully saturated rings. The fourth-order valence-corrected chi connectivity index (χ4v) is 1.88. The van der Waals surface area contributed by atoms with Crippen LogP contribution in [0, 0.1) is 0 Å². The lowest BCUT2D eigenvalue weighted by atomic mass is 10.0. The summed E-state index contributed by atoms with van der Waals surface area (Å²) in [6.45, 7) is 3.24. The second-order valence-electron chi connectivity index (χ2n) is 4.03. The van der Waals surface area contributed by atoms with Crippen molar-refractivity contribution in [2.75, 3.05) is 25.0 Å². The van der Waals surface area contributed by atoms with E-state index in [1.165, 1.54) is 30.5 Å². The molecular formula is C13H19N3. The molecule has 0 atom stereocenters. The average Bonchev–Trinajstić information content (AvgIpc) is 2.42. The number of aryl methyl sites for hydroxylation is 1. The van der Waals surface area contributed by atoms with Crippen LogP contribution >= 0.6 is 0 Å². The molecule has 16 heavy (non-hydrogen) atoms. The summed E-state index contributed by atoms with van der Waals surface area (Å²) in [6, 6.07) is 8.53. The standard InChI is InChI=1S/C9H11N.C4H8N2/c1-2-6-9-8(4-1)5-3-7-10-9;1-2-5-4-6-3-1/h1-2,4,6,10H,3,5,7H2;4H,1-3H2,(H,5,6). The highest BCUT2D eigenvalue weighted by Gasteiger charge is 2.04. The van der Waals surface area contributed by atoms with E-state index in [9.17, 15) is 0 Å². The Bertz CT molecular complexity index is 314. The Hall–Kier alpha value is -1.51. The molecule has 0 bridgehead atoms. The number of para-hydroxylation sites is 1. The van der Waals surface area contributed by atoms with Crippen LogP contribution in [-0.4, -0.2) is 26.0 Å². The molecule has 2 aliphatic rings. The fourth-order valence-electron chi connectivity index (χ4n) is 1.88. The second-order valence-corrected chi connectivity index (χ2v) is 4.03. The molecular weight excluding hydrogens is 198 g/mol. The van der Waals surface area contributed by atoms with Gasteiger partial charge >= 0.3 is 0 Å². The minimum atomic E-state index is 1.01.